The van der Waals surface area contributed by atoms with Crippen LogP contribution in [0.3, 0.4) is 0 Å². The molecule has 4 saturated carbocycles. The highest BCUT2D eigenvalue weighted by Gasteiger charge is 2.51. The average molecular weight is 418 g/mol. The smallest absolute Gasteiger partial charge is 0.328 e. The lowest BCUT2D eigenvalue weighted by molar-refractivity contribution is -0.155. The molecule has 162 valence electrons. The molecule has 3 N–H and O–H groups in total. The molecule has 0 aliphatic heterocycles. The molecule has 0 unspecified atom stereocenters. The molecule has 0 radical (unpaired) electrons. The number of H-pyrrole nitrogens is 1. The van der Waals surface area contributed by atoms with E-state index in [1.807, 2.05) is 4.98 Å². The number of esters is 1. The monoisotopic (exact) mass is 418 g/mol. The molecule has 5 rings (SSSR count). The summed E-state index contributed by atoms with van der Waals surface area (Å²) >= 11 is 0. The van der Waals surface area contributed by atoms with E-state index in [0.29, 0.717) is 17.8 Å². The molecule has 30 heavy (non-hydrogen) atoms. The van der Waals surface area contributed by atoms with Crippen molar-refractivity contribution in [2.45, 2.75) is 63.6 Å². The maximum absolute atomic E-state index is 12.4. The molecular formula is C20H26N4O6. The number of amides is 3. The van der Waals surface area contributed by atoms with Gasteiger partial charge in [-0.2, -0.15) is 0 Å². The molecule has 4 bridgehead atoms. The van der Waals surface area contributed by atoms with Crippen LogP contribution >= 0.6 is 0 Å². The Balaban J connectivity index is 1.28. The van der Waals surface area contributed by atoms with E-state index in [4.69, 9.17) is 4.74 Å². The van der Waals surface area contributed by atoms with E-state index < -0.39 is 41.8 Å². The summed E-state index contributed by atoms with van der Waals surface area (Å²) in [7, 11) is 0. The van der Waals surface area contributed by atoms with Crippen molar-refractivity contribution < 1.29 is 19.1 Å². The fourth-order valence-electron chi connectivity index (χ4n) is 5.75. The van der Waals surface area contributed by atoms with Crippen LogP contribution in [0.2, 0.25) is 0 Å². The third-order valence-corrected chi connectivity index (χ3v) is 6.53. The number of carbonyl (C=O) groups is 3. The van der Waals surface area contributed by atoms with Crippen LogP contribution in [0.25, 0.3) is 0 Å². The highest BCUT2D eigenvalue weighted by Crippen LogP contribution is 2.55. The molecule has 1 heterocycles. The zero-order chi connectivity index (χ0) is 21.5. The molecule has 3 amide bonds. The molecule has 4 aliphatic carbocycles. The first-order chi connectivity index (χ1) is 14.2. The van der Waals surface area contributed by atoms with Crippen molar-refractivity contribution in [3.63, 3.8) is 0 Å². The molecule has 1 aromatic heterocycles. The highest BCUT2D eigenvalue weighted by atomic mass is 16.5. The Morgan fingerprint density at radius 3 is 2.33 bits per heavy atom. The van der Waals surface area contributed by atoms with Gasteiger partial charge in [-0.05, 0) is 63.2 Å². The molecule has 4 fully saturated rings. The van der Waals surface area contributed by atoms with Crippen LogP contribution in [-0.4, -0.2) is 39.1 Å². The van der Waals surface area contributed by atoms with Gasteiger partial charge >= 0.3 is 17.7 Å². The highest BCUT2D eigenvalue weighted by molar-refractivity contribution is 5.97. The molecule has 10 heteroatoms. The van der Waals surface area contributed by atoms with Gasteiger partial charge in [0.1, 0.15) is 6.54 Å². The van der Waals surface area contributed by atoms with E-state index in [0.717, 1.165) is 36.1 Å². The minimum Gasteiger partial charge on any atom is -0.451 e. The zero-order valence-electron chi connectivity index (χ0n) is 16.8. The topological polar surface area (TPSA) is 139 Å². The van der Waals surface area contributed by atoms with Gasteiger partial charge in [0.05, 0.1) is 0 Å². The Bertz CT molecular complexity index is 945. The van der Waals surface area contributed by atoms with E-state index in [9.17, 15) is 24.0 Å². The second-order valence-electron chi connectivity index (χ2n) is 9.01. The van der Waals surface area contributed by atoms with E-state index in [1.165, 1.54) is 26.2 Å². The lowest BCUT2D eigenvalue weighted by atomic mass is 9.53. The SMILES string of the molecule is C[C@H](OC(=O)Cn1ccc(=O)[nH]c1=O)C(=O)NC(=O)NC12CC3CC(CC(C3)C1)C2. The molecule has 0 spiro atoms. The van der Waals surface area contributed by atoms with E-state index in [-0.39, 0.29) is 5.54 Å². The summed E-state index contributed by atoms with van der Waals surface area (Å²) in [5, 5.41) is 5.29. The number of nitrogens with one attached hydrogen (secondary N) is 3. The van der Waals surface area contributed by atoms with Crippen LogP contribution in [0, 0.1) is 17.8 Å². The number of aromatic amines is 1. The standard InChI is InChI=1S/C20H26N4O6/c1-11(30-16(26)10-24-3-2-15(25)21-19(24)29)17(27)22-18(28)23-20-7-12-4-13(8-20)6-14(5-12)9-20/h2-3,11-14H,4-10H2,1H3,(H,21,25,29)(H2,22,23,27,28)/t11-,12?,13?,14?,20?/m0/s1. The summed E-state index contributed by atoms with van der Waals surface area (Å²) in [6, 6.07) is 0.529. The van der Waals surface area contributed by atoms with Crippen LogP contribution in [0.1, 0.15) is 45.4 Å². The van der Waals surface area contributed by atoms with Gasteiger partial charge in [-0.3, -0.25) is 29.3 Å². The van der Waals surface area contributed by atoms with Gasteiger partial charge in [-0.1, -0.05) is 0 Å². The Hall–Kier alpha value is -2.91. The van der Waals surface area contributed by atoms with Crippen LogP contribution in [0.15, 0.2) is 21.9 Å². The molecule has 10 nitrogen and oxygen atoms in total. The fourth-order valence-corrected chi connectivity index (χ4v) is 5.75. The summed E-state index contributed by atoms with van der Waals surface area (Å²) in [5.41, 5.74) is -1.57. The molecule has 0 aromatic carbocycles. The van der Waals surface area contributed by atoms with Crippen molar-refractivity contribution in [1.82, 2.24) is 20.2 Å². The first-order valence-electron chi connectivity index (χ1n) is 10.3. The van der Waals surface area contributed by atoms with Crippen molar-refractivity contribution in [3.8, 4) is 0 Å². The largest absolute Gasteiger partial charge is 0.451 e. The van der Waals surface area contributed by atoms with Crippen molar-refractivity contribution in [2.75, 3.05) is 0 Å². The van der Waals surface area contributed by atoms with Crippen molar-refractivity contribution in [1.29, 1.82) is 0 Å². The second kappa shape index (κ2) is 7.73. The number of nitrogens with zero attached hydrogens (tertiary/aromatic N) is 1. The molecule has 1 atom stereocenters. The summed E-state index contributed by atoms with van der Waals surface area (Å²) in [5.74, 6) is 0.392. The first kappa shape index (κ1) is 20.4. The number of aromatic nitrogens is 2. The van der Waals surface area contributed by atoms with Crippen LogP contribution in [0.4, 0.5) is 4.79 Å². The lowest BCUT2D eigenvalue weighted by Gasteiger charge is -2.56. The Labute approximate surface area is 172 Å². The molecule has 0 saturated heterocycles. The summed E-state index contributed by atoms with van der Waals surface area (Å²) in [4.78, 5) is 61.4. The Morgan fingerprint density at radius 1 is 1.17 bits per heavy atom. The van der Waals surface area contributed by atoms with Gasteiger partial charge in [-0.15, -0.1) is 0 Å². The van der Waals surface area contributed by atoms with Crippen molar-refractivity contribution in [3.05, 3.63) is 33.1 Å². The van der Waals surface area contributed by atoms with Crippen molar-refractivity contribution >= 4 is 17.9 Å². The van der Waals surface area contributed by atoms with E-state index >= 15 is 0 Å². The third kappa shape index (κ3) is 4.31. The number of ether oxygens (including phenoxy) is 1. The number of carbonyl (C=O) groups excluding carboxylic acids is 3. The number of urea groups is 1. The van der Waals surface area contributed by atoms with Gasteiger partial charge in [0.2, 0.25) is 0 Å². The predicted molar refractivity (Wildman–Crippen MR) is 104 cm³/mol. The maximum atomic E-state index is 12.4. The van der Waals surface area contributed by atoms with Crippen LogP contribution in [0.5, 0.6) is 0 Å². The van der Waals surface area contributed by atoms with Gasteiger partial charge in [-0.25, -0.2) is 9.59 Å². The quantitative estimate of drug-likeness (QED) is 0.586. The summed E-state index contributed by atoms with van der Waals surface area (Å²) in [6.45, 7) is 0.883. The number of imide groups is 1. The van der Waals surface area contributed by atoms with Crippen LogP contribution in [-0.2, 0) is 20.9 Å². The predicted octanol–water partition coefficient (Wildman–Crippen LogP) is 0.263. The molecular weight excluding hydrogens is 392 g/mol. The first-order valence-corrected chi connectivity index (χ1v) is 10.3. The van der Waals surface area contributed by atoms with Crippen LogP contribution < -0.4 is 21.9 Å². The maximum Gasteiger partial charge on any atom is 0.328 e. The minimum absolute atomic E-state index is 0.232. The Morgan fingerprint density at radius 2 is 1.77 bits per heavy atom. The van der Waals surface area contributed by atoms with Gasteiger partial charge < -0.3 is 10.1 Å². The van der Waals surface area contributed by atoms with Crippen molar-refractivity contribution in [2.24, 2.45) is 17.8 Å². The fraction of sp³-hybridized carbons (Fsp3) is 0.650. The number of hydrogen-bond acceptors (Lipinski definition) is 6. The second-order valence-corrected chi connectivity index (χ2v) is 9.01. The van der Waals surface area contributed by atoms with E-state index in [1.54, 1.807) is 0 Å². The number of hydrogen-bond donors (Lipinski definition) is 3. The third-order valence-electron chi connectivity index (χ3n) is 6.53. The molecule has 4 aliphatic rings. The van der Waals surface area contributed by atoms with Gasteiger partial charge in [0.15, 0.2) is 6.10 Å². The van der Waals surface area contributed by atoms with Gasteiger partial charge in [0.25, 0.3) is 11.5 Å². The normalized spacial score (nSPS) is 29.8. The minimum atomic E-state index is -1.21. The number of rotatable bonds is 5. The lowest BCUT2D eigenvalue weighted by Crippen LogP contribution is -2.62. The average Bonchev–Trinajstić information content (AvgIpc) is 2.62. The Kier molecular flexibility index (Phi) is 5.25. The van der Waals surface area contributed by atoms with Gasteiger partial charge in [0, 0.05) is 17.8 Å². The zero-order valence-corrected chi connectivity index (χ0v) is 16.8. The summed E-state index contributed by atoms with van der Waals surface area (Å²) in [6.07, 6.45) is 6.55. The van der Waals surface area contributed by atoms with E-state index in [2.05, 4.69) is 10.6 Å². The summed E-state index contributed by atoms with van der Waals surface area (Å²) < 4.78 is 5.97. The molecule has 1 aromatic rings.